The molecule has 0 unspecified atom stereocenters. The van der Waals surface area contributed by atoms with Gasteiger partial charge in [-0.15, -0.1) is 11.3 Å². The first kappa shape index (κ1) is 17.8. The van der Waals surface area contributed by atoms with Crippen molar-refractivity contribution in [3.05, 3.63) is 32.7 Å². The predicted octanol–water partition coefficient (Wildman–Crippen LogP) is 3.41. The molecule has 0 atom stereocenters. The van der Waals surface area contributed by atoms with Gasteiger partial charge in [0.15, 0.2) is 0 Å². The van der Waals surface area contributed by atoms with Crippen LogP contribution in [0.1, 0.15) is 23.2 Å². The second kappa shape index (κ2) is 7.58. The Morgan fingerprint density at radius 3 is 2.12 bits per heavy atom. The van der Waals surface area contributed by atoms with Crippen LogP contribution in [0.2, 0.25) is 8.67 Å². The molecule has 0 aliphatic carbocycles. The zero-order valence-electron chi connectivity index (χ0n) is 14.2. The lowest BCUT2D eigenvalue weighted by Gasteiger charge is -2.35. The first-order chi connectivity index (χ1) is 12.6. The lowest BCUT2D eigenvalue weighted by molar-refractivity contribution is 0.0747. The number of halogens is 2. The molecule has 0 aromatic carbocycles. The van der Waals surface area contributed by atoms with Crippen LogP contribution in [0.15, 0.2) is 18.5 Å². The van der Waals surface area contributed by atoms with E-state index in [0.29, 0.717) is 27.3 Å². The number of nitrogens with zero attached hydrogens (tertiary/aromatic N) is 5. The Bertz CT molecular complexity index is 800. The molecule has 2 aliphatic heterocycles. The molecular weight excluding hydrogens is 393 g/mol. The molecule has 0 radical (unpaired) electrons. The largest absolute Gasteiger partial charge is 0.356 e. The second-order valence-corrected chi connectivity index (χ2v) is 8.73. The van der Waals surface area contributed by atoms with Gasteiger partial charge in [-0.3, -0.25) is 4.79 Å². The first-order valence-corrected chi connectivity index (χ1v) is 10.2. The molecule has 2 saturated heterocycles. The van der Waals surface area contributed by atoms with Crippen LogP contribution < -0.4 is 9.80 Å². The Balaban J connectivity index is 1.41. The van der Waals surface area contributed by atoms with Crippen LogP contribution in [0.4, 0.5) is 11.6 Å². The van der Waals surface area contributed by atoms with Crippen molar-refractivity contribution in [3.63, 3.8) is 0 Å². The fourth-order valence-corrected chi connectivity index (χ4v) is 4.87. The number of carbonyl (C=O) groups excluding carboxylic acids is 1. The van der Waals surface area contributed by atoms with Gasteiger partial charge in [0.2, 0.25) is 0 Å². The minimum atomic E-state index is -0.0572. The maximum absolute atomic E-state index is 12.6. The standard InChI is InChI=1S/C17H19Cl2N5OS/c18-13-9-12(16(19)26-13)17(25)24-7-5-23(6-8-24)15-10-14(20-11-21-15)22-3-1-2-4-22/h9-11H,1-8H2. The van der Waals surface area contributed by atoms with Gasteiger partial charge in [0, 0.05) is 45.3 Å². The van der Waals surface area contributed by atoms with Crippen molar-refractivity contribution in [2.75, 3.05) is 49.1 Å². The molecule has 0 spiro atoms. The van der Waals surface area contributed by atoms with E-state index in [9.17, 15) is 4.79 Å². The first-order valence-electron chi connectivity index (χ1n) is 8.68. The summed E-state index contributed by atoms with van der Waals surface area (Å²) in [5.74, 6) is 1.86. The molecule has 4 heterocycles. The molecule has 4 rings (SSSR count). The highest BCUT2D eigenvalue weighted by molar-refractivity contribution is 7.20. The number of thiophene rings is 1. The Kier molecular flexibility index (Phi) is 5.20. The van der Waals surface area contributed by atoms with Crippen molar-refractivity contribution in [1.29, 1.82) is 0 Å². The highest BCUT2D eigenvalue weighted by Gasteiger charge is 2.26. The van der Waals surface area contributed by atoms with E-state index in [1.807, 2.05) is 4.90 Å². The lowest BCUT2D eigenvalue weighted by Crippen LogP contribution is -2.49. The summed E-state index contributed by atoms with van der Waals surface area (Å²) in [6, 6.07) is 3.70. The highest BCUT2D eigenvalue weighted by Crippen LogP contribution is 2.32. The highest BCUT2D eigenvalue weighted by atomic mass is 35.5. The SMILES string of the molecule is O=C(c1cc(Cl)sc1Cl)N1CCN(c2cc(N3CCCC3)ncn2)CC1. The quantitative estimate of drug-likeness (QED) is 0.774. The third-order valence-electron chi connectivity index (χ3n) is 4.85. The third kappa shape index (κ3) is 3.61. The summed E-state index contributed by atoms with van der Waals surface area (Å²) in [6.07, 6.45) is 4.07. The summed E-state index contributed by atoms with van der Waals surface area (Å²) in [4.78, 5) is 27.8. The average molecular weight is 412 g/mol. The summed E-state index contributed by atoms with van der Waals surface area (Å²) < 4.78 is 0.987. The fraction of sp³-hybridized carbons (Fsp3) is 0.471. The Morgan fingerprint density at radius 1 is 0.923 bits per heavy atom. The number of aromatic nitrogens is 2. The minimum Gasteiger partial charge on any atom is -0.356 e. The van der Waals surface area contributed by atoms with Crippen molar-refractivity contribution in [1.82, 2.24) is 14.9 Å². The molecule has 1 amide bonds. The molecule has 26 heavy (non-hydrogen) atoms. The van der Waals surface area contributed by atoms with Gasteiger partial charge in [0.1, 0.15) is 22.3 Å². The maximum Gasteiger partial charge on any atom is 0.256 e. The molecule has 9 heteroatoms. The topological polar surface area (TPSA) is 52.6 Å². The van der Waals surface area contributed by atoms with E-state index in [4.69, 9.17) is 23.2 Å². The van der Waals surface area contributed by atoms with Gasteiger partial charge in [-0.1, -0.05) is 23.2 Å². The molecule has 2 aromatic rings. The van der Waals surface area contributed by atoms with Gasteiger partial charge in [-0.05, 0) is 18.9 Å². The number of carbonyl (C=O) groups is 1. The van der Waals surface area contributed by atoms with Crippen LogP contribution in [-0.4, -0.2) is 60.0 Å². The van der Waals surface area contributed by atoms with E-state index in [1.165, 1.54) is 24.2 Å². The summed E-state index contributed by atoms with van der Waals surface area (Å²) in [7, 11) is 0. The molecule has 0 saturated carbocycles. The predicted molar refractivity (Wildman–Crippen MR) is 106 cm³/mol. The molecule has 0 N–H and O–H groups in total. The number of amides is 1. The molecule has 0 bridgehead atoms. The summed E-state index contributed by atoms with van der Waals surface area (Å²) in [5.41, 5.74) is 0.494. The van der Waals surface area contributed by atoms with E-state index < -0.39 is 0 Å². The maximum atomic E-state index is 12.6. The molecular formula is C17H19Cl2N5OS. The average Bonchev–Trinajstić information content (AvgIpc) is 3.31. The molecule has 2 aliphatic rings. The van der Waals surface area contributed by atoms with Crippen LogP contribution in [-0.2, 0) is 0 Å². The molecule has 2 fully saturated rings. The lowest BCUT2D eigenvalue weighted by atomic mass is 10.2. The normalized spacial score (nSPS) is 17.8. The number of piperazine rings is 1. The summed E-state index contributed by atoms with van der Waals surface area (Å²) in [5, 5.41) is 0. The van der Waals surface area contributed by atoms with E-state index in [2.05, 4.69) is 25.8 Å². The van der Waals surface area contributed by atoms with Gasteiger partial charge < -0.3 is 14.7 Å². The van der Waals surface area contributed by atoms with Crippen LogP contribution >= 0.6 is 34.5 Å². The Morgan fingerprint density at radius 2 is 1.54 bits per heavy atom. The molecule has 6 nitrogen and oxygen atoms in total. The summed E-state index contributed by atoms with van der Waals surface area (Å²) in [6.45, 7) is 4.85. The van der Waals surface area contributed by atoms with Crippen LogP contribution in [0.3, 0.4) is 0 Å². The Labute approximate surface area is 166 Å². The zero-order chi connectivity index (χ0) is 18.1. The minimum absolute atomic E-state index is 0.0572. The van der Waals surface area contributed by atoms with Gasteiger partial charge in [0.25, 0.3) is 5.91 Å². The number of hydrogen-bond acceptors (Lipinski definition) is 6. The second-order valence-electron chi connectivity index (χ2n) is 6.45. The number of rotatable bonds is 3. The van der Waals surface area contributed by atoms with E-state index in [-0.39, 0.29) is 5.91 Å². The van der Waals surface area contributed by atoms with Crippen molar-refractivity contribution in [2.45, 2.75) is 12.8 Å². The van der Waals surface area contributed by atoms with Crippen molar-refractivity contribution < 1.29 is 4.79 Å². The van der Waals surface area contributed by atoms with Gasteiger partial charge in [-0.25, -0.2) is 9.97 Å². The molecule has 138 valence electrons. The Hall–Kier alpha value is -1.57. The van der Waals surface area contributed by atoms with Crippen molar-refractivity contribution >= 4 is 52.1 Å². The molecule has 2 aromatic heterocycles. The van der Waals surface area contributed by atoms with E-state index >= 15 is 0 Å². The van der Waals surface area contributed by atoms with Crippen molar-refractivity contribution in [3.8, 4) is 0 Å². The van der Waals surface area contributed by atoms with E-state index in [1.54, 1.807) is 12.4 Å². The van der Waals surface area contributed by atoms with E-state index in [0.717, 1.165) is 37.8 Å². The van der Waals surface area contributed by atoms with Crippen LogP contribution in [0.5, 0.6) is 0 Å². The van der Waals surface area contributed by atoms with Crippen molar-refractivity contribution in [2.24, 2.45) is 0 Å². The number of anilines is 2. The monoisotopic (exact) mass is 411 g/mol. The van der Waals surface area contributed by atoms with Gasteiger partial charge in [0.05, 0.1) is 9.90 Å². The van der Waals surface area contributed by atoms with Gasteiger partial charge >= 0.3 is 0 Å². The summed E-state index contributed by atoms with van der Waals surface area (Å²) >= 11 is 13.3. The fourth-order valence-electron chi connectivity index (χ4n) is 3.42. The smallest absolute Gasteiger partial charge is 0.256 e. The number of hydrogen-bond donors (Lipinski definition) is 0. The third-order valence-corrected chi connectivity index (χ3v) is 6.33. The van der Waals surface area contributed by atoms with Crippen LogP contribution in [0.25, 0.3) is 0 Å². The van der Waals surface area contributed by atoms with Gasteiger partial charge in [-0.2, -0.15) is 0 Å². The zero-order valence-corrected chi connectivity index (χ0v) is 16.5. The van der Waals surface area contributed by atoms with Crippen LogP contribution in [0, 0.1) is 0 Å².